The summed E-state index contributed by atoms with van der Waals surface area (Å²) in [4.78, 5) is 11.7. The molecule has 20 heavy (non-hydrogen) atoms. The number of aliphatic hydroxyl groups is 1. The van der Waals surface area contributed by atoms with E-state index in [1.807, 2.05) is 33.8 Å². The smallest absolute Gasteiger partial charge is 0.339 e. The Morgan fingerprint density at radius 1 is 1.30 bits per heavy atom. The number of aryl methyl sites for hydroxylation is 1. The second-order valence-electron chi connectivity index (χ2n) is 5.84. The van der Waals surface area contributed by atoms with Crippen LogP contribution < -0.4 is 0 Å². The Morgan fingerprint density at radius 3 is 2.35 bits per heavy atom. The molecule has 0 aromatic heterocycles. The molecule has 112 valence electrons. The number of carbonyl (C=O) groups is 1. The van der Waals surface area contributed by atoms with Crippen LogP contribution in [0, 0.1) is 0 Å². The van der Waals surface area contributed by atoms with E-state index in [1.165, 1.54) is 0 Å². The molecular weight excluding hydrogens is 256 g/mol. The van der Waals surface area contributed by atoms with Crippen molar-refractivity contribution in [2.24, 2.45) is 0 Å². The van der Waals surface area contributed by atoms with Gasteiger partial charge < -0.3 is 14.9 Å². The van der Waals surface area contributed by atoms with Gasteiger partial charge in [-0.3, -0.25) is 0 Å². The Kier molecular flexibility index (Phi) is 5.17. The number of esters is 1. The molecule has 0 saturated heterocycles. The molecule has 1 aromatic carbocycles. The topological polar surface area (TPSA) is 66.8 Å². The van der Waals surface area contributed by atoms with Crippen LogP contribution in [0.25, 0.3) is 0 Å². The molecule has 1 unspecified atom stereocenters. The Hall–Kier alpha value is -1.55. The minimum Gasteiger partial charge on any atom is -0.507 e. The van der Waals surface area contributed by atoms with Crippen molar-refractivity contribution in [3.8, 4) is 5.75 Å². The van der Waals surface area contributed by atoms with Crippen molar-refractivity contribution in [3.05, 3.63) is 28.8 Å². The van der Waals surface area contributed by atoms with Gasteiger partial charge >= 0.3 is 5.97 Å². The summed E-state index contributed by atoms with van der Waals surface area (Å²) in [6.07, 6.45) is -0.700. The average molecular weight is 280 g/mol. The Bertz CT molecular complexity index is 486. The summed E-state index contributed by atoms with van der Waals surface area (Å²) in [7, 11) is 0. The molecule has 2 N–H and O–H groups in total. The third-order valence-electron chi connectivity index (χ3n) is 3.22. The van der Waals surface area contributed by atoms with E-state index in [9.17, 15) is 15.0 Å². The van der Waals surface area contributed by atoms with Gasteiger partial charge in [-0.15, -0.1) is 0 Å². The van der Waals surface area contributed by atoms with Gasteiger partial charge in [0.05, 0.1) is 6.61 Å². The van der Waals surface area contributed by atoms with E-state index in [0.717, 1.165) is 17.5 Å². The van der Waals surface area contributed by atoms with Crippen molar-refractivity contribution >= 4 is 5.97 Å². The zero-order valence-corrected chi connectivity index (χ0v) is 12.9. The molecule has 0 aliphatic rings. The molecule has 1 rings (SSSR count). The second-order valence-corrected chi connectivity index (χ2v) is 5.84. The first kappa shape index (κ1) is 16.5. The monoisotopic (exact) mass is 280 g/mol. The third kappa shape index (κ3) is 3.51. The molecule has 1 atom stereocenters. The van der Waals surface area contributed by atoms with E-state index in [-0.39, 0.29) is 23.3 Å². The molecule has 0 aliphatic heterocycles. The molecule has 4 nitrogen and oxygen atoms in total. The summed E-state index contributed by atoms with van der Waals surface area (Å²) < 4.78 is 4.81. The molecule has 0 fully saturated rings. The molecule has 4 heteroatoms. The van der Waals surface area contributed by atoms with Gasteiger partial charge in [-0.25, -0.2) is 4.79 Å². The molecule has 0 heterocycles. The van der Waals surface area contributed by atoms with Gasteiger partial charge in [0, 0.05) is 5.56 Å². The van der Waals surface area contributed by atoms with Gasteiger partial charge in [0.1, 0.15) is 5.75 Å². The fraction of sp³-hybridized carbons (Fsp3) is 0.562. The fourth-order valence-electron chi connectivity index (χ4n) is 2.05. The highest BCUT2D eigenvalue weighted by Gasteiger charge is 2.27. The number of phenols is 1. The predicted octanol–water partition coefficient (Wildman–Crippen LogP) is 2.85. The summed E-state index contributed by atoms with van der Waals surface area (Å²) in [5.41, 5.74) is 1.62. The quantitative estimate of drug-likeness (QED) is 0.832. The van der Waals surface area contributed by atoms with E-state index in [2.05, 4.69) is 0 Å². The van der Waals surface area contributed by atoms with Crippen LogP contribution in [0.15, 0.2) is 12.1 Å². The highest BCUT2D eigenvalue weighted by molar-refractivity contribution is 5.77. The molecule has 0 aliphatic carbocycles. The standard InChI is InChI=1S/C16H24O4/c1-6-10-8-11(14(18)15(19)20-7-2)13(17)12(9-10)16(3,4)5/h8-9,14,17-18H,6-7H2,1-5H3. The van der Waals surface area contributed by atoms with Crippen molar-refractivity contribution < 1.29 is 19.7 Å². The largest absolute Gasteiger partial charge is 0.507 e. The lowest BCUT2D eigenvalue weighted by Gasteiger charge is -2.24. The van der Waals surface area contributed by atoms with Crippen LogP contribution in [0.2, 0.25) is 0 Å². The number of benzene rings is 1. The van der Waals surface area contributed by atoms with Crippen LogP contribution in [-0.2, 0) is 21.4 Å². The first-order chi connectivity index (χ1) is 9.22. The van der Waals surface area contributed by atoms with Crippen LogP contribution in [0.4, 0.5) is 0 Å². The first-order valence-corrected chi connectivity index (χ1v) is 6.93. The van der Waals surface area contributed by atoms with E-state index < -0.39 is 12.1 Å². The third-order valence-corrected chi connectivity index (χ3v) is 3.22. The minimum atomic E-state index is -1.46. The van der Waals surface area contributed by atoms with Gasteiger partial charge in [-0.2, -0.15) is 0 Å². The number of hydrogen-bond acceptors (Lipinski definition) is 4. The molecule has 0 saturated carbocycles. The number of aliphatic hydroxyl groups excluding tert-OH is 1. The van der Waals surface area contributed by atoms with Crippen molar-refractivity contribution in [2.45, 2.75) is 52.6 Å². The number of aromatic hydroxyl groups is 1. The highest BCUT2D eigenvalue weighted by atomic mass is 16.5. The van der Waals surface area contributed by atoms with E-state index in [0.29, 0.717) is 0 Å². The van der Waals surface area contributed by atoms with Crippen LogP contribution >= 0.6 is 0 Å². The van der Waals surface area contributed by atoms with Crippen LogP contribution in [0.5, 0.6) is 5.75 Å². The second kappa shape index (κ2) is 6.27. The van der Waals surface area contributed by atoms with Gasteiger partial charge in [0.15, 0.2) is 6.10 Å². The Balaban J connectivity index is 3.35. The van der Waals surface area contributed by atoms with Gasteiger partial charge in [0.25, 0.3) is 0 Å². The maximum absolute atomic E-state index is 11.7. The molecular formula is C16H24O4. The molecule has 0 radical (unpaired) electrons. The van der Waals surface area contributed by atoms with Crippen LogP contribution in [0.3, 0.4) is 0 Å². The zero-order valence-electron chi connectivity index (χ0n) is 12.9. The Morgan fingerprint density at radius 2 is 1.90 bits per heavy atom. The first-order valence-electron chi connectivity index (χ1n) is 6.93. The normalized spacial score (nSPS) is 13.1. The fourth-order valence-corrected chi connectivity index (χ4v) is 2.05. The van der Waals surface area contributed by atoms with Crippen molar-refractivity contribution in [2.75, 3.05) is 6.61 Å². The lowest BCUT2D eigenvalue weighted by Crippen LogP contribution is -2.18. The summed E-state index contributed by atoms with van der Waals surface area (Å²) in [6.45, 7) is 9.77. The van der Waals surface area contributed by atoms with E-state index >= 15 is 0 Å². The van der Waals surface area contributed by atoms with E-state index in [4.69, 9.17) is 4.74 Å². The van der Waals surface area contributed by atoms with Gasteiger partial charge in [-0.05, 0) is 36.0 Å². The Labute approximate surface area is 120 Å². The summed E-state index contributed by atoms with van der Waals surface area (Å²) in [5.74, 6) is -0.772. The van der Waals surface area contributed by atoms with Crippen LogP contribution in [-0.4, -0.2) is 22.8 Å². The van der Waals surface area contributed by atoms with Gasteiger partial charge in [-0.1, -0.05) is 33.8 Å². The summed E-state index contributed by atoms with van der Waals surface area (Å²) >= 11 is 0. The lowest BCUT2D eigenvalue weighted by atomic mass is 9.83. The minimum absolute atomic E-state index is 0.0322. The predicted molar refractivity (Wildman–Crippen MR) is 77.8 cm³/mol. The molecule has 1 aromatic rings. The maximum atomic E-state index is 11.7. The maximum Gasteiger partial charge on any atom is 0.339 e. The van der Waals surface area contributed by atoms with Crippen molar-refractivity contribution in [3.63, 3.8) is 0 Å². The van der Waals surface area contributed by atoms with Crippen LogP contribution in [0.1, 0.15) is 57.4 Å². The van der Waals surface area contributed by atoms with Crippen molar-refractivity contribution in [1.29, 1.82) is 0 Å². The average Bonchev–Trinajstić information content (AvgIpc) is 2.37. The molecule has 0 amide bonds. The summed E-state index contributed by atoms with van der Waals surface area (Å²) in [6, 6.07) is 3.57. The SMILES string of the molecule is CCOC(=O)C(O)c1cc(CC)cc(C(C)(C)C)c1O. The highest BCUT2D eigenvalue weighted by Crippen LogP contribution is 2.37. The molecule has 0 spiro atoms. The number of hydrogen-bond donors (Lipinski definition) is 2. The number of phenolic OH excluding ortho intramolecular Hbond substituents is 1. The molecule has 0 bridgehead atoms. The number of carbonyl (C=O) groups excluding carboxylic acids is 1. The number of ether oxygens (including phenoxy) is 1. The summed E-state index contributed by atoms with van der Waals surface area (Å²) in [5, 5.41) is 20.4. The van der Waals surface area contributed by atoms with Gasteiger partial charge in [0.2, 0.25) is 0 Å². The van der Waals surface area contributed by atoms with E-state index in [1.54, 1.807) is 13.0 Å². The lowest BCUT2D eigenvalue weighted by molar-refractivity contribution is -0.153. The van der Waals surface area contributed by atoms with Crippen molar-refractivity contribution in [1.82, 2.24) is 0 Å². The zero-order chi connectivity index (χ0) is 15.5. The number of rotatable bonds is 4.